The standard InChI is InChI=1S/C19H14N4OS/c1-13-6-2-3-7-15(13)18-21-22-19(24-18)25-12-14-11-23-9-5-4-8-17(23)16(14)10-20/h2-9,11H,12H2,1H3. The molecule has 4 aromatic rings. The summed E-state index contributed by atoms with van der Waals surface area (Å²) in [6, 6.07) is 16.0. The molecule has 0 aliphatic heterocycles. The van der Waals surface area contributed by atoms with Crippen LogP contribution in [0.25, 0.3) is 17.0 Å². The van der Waals surface area contributed by atoms with E-state index < -0.39 is 0 Å². The first-order chi connectivity index (χ1) is 12.3. The van der Waals surface area contributed by atoms with Gasteiger partial charge in [-0.15, -0.1) is 10.2 Å². The Morgan fingerprint density at radius 3 is 2.84 bits per heavy atom. The first-order valence-corrected chi connectivity index (χ1v) is 8.76. The number of pyridine rings is 1. The lowest BCUT2D eigenvalue weighted by Crippen LogP contribution is -1.82. The van der Waals surface area contributed by atoms with Crippen molar-refractivity contribution in [3.8, 4) is 17.5 Å². The van der Waals surface area contributed by atoms with Crippen LogP contribution in [0.3, 0.4) is 0 Å². The van der Waals surface area contributed by atoms with Gasteiger partial charge in [0.25, 0.3) is 5.22 Å². The molecule has 25 heavy (non-hydrogen) atoms. The van der Waals surface area contributed by atoms with E-state index in [1.54, 1.807) is 0 Å². The highest BCUT2D eigenvalue weighted by molar-refractivity contribution is 7.98. The summed E-state index contributed by atoms with van der Waals surface area (Å²) in [4.78, 5) is 0. The van der Waals surface area contributed by atoms with Crippen molar-refractivity contribution >= 4 is 17.3 Å². The summed E-state index contributed by atoms with van der Waals surface area (Å²) in [6.07, 6.45) is 3.91. The predicted molar refractivity (Wildman–Crippen MR) is 96.1 cm³/mol. The Hall–Kier alpha value is -3.04. The third-order valence-corrected chi connectivity index (χ3v) is 4.87. The fourth-order valence-electron chi connectivity index (χ4n) is 2.75. The maximum absolute atomic E-state index is 9.46. The van der Waals surface area contributed by atoms with Crippen LogP contribution in [0.5, 0.6) is 0 Å². The number of rotatable bonds is 4. The van der Waals surface area contributed by atoms with E-state index in [1.807, 2.05) is 66.2 Å². The van der Waals surface area contributed by atoms with Crippen molar-refractivity contribution in [1.82, 2.24) is 14.6 Å². The Morgan fingerprint density at radius 2 is 2.00 bits per heavy atom. The van der Waals surface area contributed by atoms with Crippen LogP contribution in [0.1, 0.15) is 16.7 Å². The van der Waals surface area contributed by atoms with Crippen LogP contribution in [0.15, 0.2) is 64.5 Å². The van der Waals surface area contributed by atoms with E-state index in [0.717, 1.165) is 22.2 Å². The molecule has 0 spiro atoms. The quantitative estimate of drug-likeness (QED) is 0.510. The van der Waals surface area contributed by atoms with E-state index in [9.17, 15) is 5.26 Å². The topological polar surface area (TPSA) is 67.1 Å². The van der Waals surface area contributed by atoms with E-state index in [2.05, 4.69) is 16.3 Å². The highest BCUT2D eigenvalue weighted by atomic mass is 32.2. The minimum atomic E-state index is 0.498. The number of fused-ring (bicyclic) bond motifs is 1. The van der Waals surface area contributed by atoms with Crippen molar-refractivity contribution in [2.45, 2.75) is 17.9 Å². The summed E-state index contributed by atoms with van der Waals surface area (Å²) in [6.45, 7) is 2.01. The molecule has 0 aliphatic carbocycles. The van der Waals surface area contributed by atoms with E-state index in [0.29, 0.717) is 22.4 Å². The monoisotopic (exact) mass is 346 g/mol. The highest BCUT2D eigenvalue weighted by Crippen LogP contribution is 2.29. The second-order valence-corrected chi connectivity index (χ2v) is 6.54. The normalized spacial score (nSPS) is 10.9. The number of aromatic nitrogens is 3. The molecule has 4 rings (SSSR count). The number of benzene rings is 1. The molecule has 122 valence electrons. The van der Waals surface area contributed by atoms with Crippen LogP contribution in [0.4, 0.5) is 0 Å². The summed E-state index contributed by atoms with van der Waals surface area (Å²) in [7, 11) is 0. The molecule has 0 saturated heterocycles. The van der Waals surface area contributed by atoms with Gasteiger partial charge in [-0.05, 0) is 36.2 Å². The number of thioether (sulfide) groups is 1. The van der Waals surface area contributed by atoms with Crippen LogP contribution in [0.2, 0.25) is 0 Å². The number of hydrogen-bond donors (Lipinski definition) is 0. The van der Waals surface area contributed by atoms with Crippen LogP contribution in [-0.2, 0) is 5.75 Å². The molecule has 3 aromatic heterocycles. The van der Waals surface area contributed by atoms with Crippen molar-refractivity contribution in [2.24, 2.45) is 0 Å². The molecule has 0 aliphatic rings. The van der Waals surface area contributed by atoms with Gasteiger partial charge >= 0.3 is 0 Å². The highest BCUT2D eigenvalue weighted by Gasteiger charge is 2.14. The molecule has 0 saturated carbocycles. The zero-order chi connectivity index (χ0) is 17.2. The molecule has 0 amide bonds. The maximum Gasteiger partial charge on any atom is 0.277 e. The lowest BCUT2D eigenvalue weighted by atomic mass is 10.1. The molecule has 0 unspecified atom stereocenters. The van der Waals surface area contributed by atoms with E-state index >= 15 is 0 Å². The maximum atomic E-state index is 9.46. The summed E-state index contributed by atoms with van der Waals surface area (Å²) >= 11 is 1.43. The molecule has 0 N–H and O–H groups in total. The zero-order valence-corrected chi connectivity index (χ0v) is 14.3. The van der Waals surface area contributed by atoms with Gasteiger partial charge in [0.15, 0.2) is 0 Å². The van der Waals surface area contributed by atoms with Gasteiger partial charge in [0.05, 0.1) is 11.1 Å². The van der Waals surface area contributed by atoms with E-state index in [-0.39, 0.29) is 0 Å². The first kappa shape index (κ1) is 15.5. The SMILES string of the molecule is Cc1ccccc1-c1nnc(SCc2cn3ccccc3c2C#N)o1. The number of hydrogen-bond acceptors (Lipinski definition) is 5. The van der Waals surface area contributed by atoms with Crippen LogP contribution in [0, 0.1) is 18.3 Å². The minimum absolute atomic E-state index is 0.498. The van der Waals surface area contributed by atoms with Gasteiger partial charge in [0.1, 0.15) is 6.07 Å². The first-order valence-electron chi connectivity index (χ1n) is 7.77. The van der Waals surface area contributed by atoms with Crippen molar-refractivity contribution < 1.29 is 4.42 Å². The van der Waals surface area contributed by atoms with Gasteiger partial charge in [0.2, 0.25) is 5.89 Å². The van der Waals surface area contributed by atoms with Crippen LogP contribution >= 0.6 is 11.8 Å². The van der Waals surface area contributed by atoms with Crippen molar-refractivity contribution in [3.05, 3.63) is 71.5 Å². The van der Waals surface area contributed by atoms with Gasteiger partial charge in [0, 0.05) is 23.7 Å². The van der Waals surface area contributed by atoms with Crippen molar-refractivity contribution in [3.63, 3.8) is 0 Å². The Kier molecular flexibility index (Phi) is 4.00. The van der Waals surface area contributed by atoms with Gasteiger partial charge in [-0.1, -0.05) is 36.0 Å². The molecule has 5 nitrogen and oxygen atoms in total. The third kappa shape index (κ3) is 2.90. The fourth-order valence-corrected chi connectivity index (χ4v) is 3.48. The largest absolute Gasteiger partial charge is 0.411 e. The van der Waals surface area contributed by atoms with E-state index in [4.69, 9.17) is 4.42 Å². The molecule has 0 bridgehead atoms. The summed E-state index contributed by atoms with van der Waals surface area (Å²) < 4.78 is 7.73. The molecule has 3 heterocycles. The van der Waals surface area contributed by atoms with Crippen LogP contribution < -0.4 is 0 Å². The summed E-state index contributed by atoms with van der Waals surface area (Å²) in [5.41, 5.74) is 4.58. The molecule has 0 atom stereocenters. The fraction of sp³-hybridized carbons (Fsp3) is 0.105. The number of nitrogens with zero attached hydrogens (tertiary/aromatic N) is 4. The van der Waals surface area contributed by atoms with Gasteiger partial charge in [-0.2, -0.15) is 5.26 Å². The summed E-state index contributed by atoms with van der Waals surface area (Å²) in [5.74, 6) is 1.11. The molecule has 1 aromatic carbocycles. The molecule has 0 fully saturated rings. The second-order valence-electron chi connectivity index (χ2n) is 5.61. The molecular weight excluding hydrogens is 332 g/mol. The average molecular weight is 346 g/mol. The zero-order valence-electron chi connectivity index (χ0n) is 13.5. The lowest BCUT2D eigenvalue weighted by Gasteiger charge is -1.98. The molecule has 0 radical (unpaired) electrons. The summed E-state index contributed by atoms with van der Waals surface area (Å²) in [5, 5.41) is 18.2. The Labute approximate surface area is 148 Å². The lowest BCUT2D eigenvalue weighted by molar-refractivity contribution is 0.465. The van der Waals surface area contributed by atoms with Gasteiger partial charge in [-0.3, -0.25) is 0 Å². The Balaban J connectivity index is 1.57. The Bertz CT molecular complexity index is 1090. The Morgan fingerprint density at radius 1 is 1.16 bits per heavy atom. The van der Waals surface area contributed by atoms with Crippen molar-refractivity contribution in [1.29, 1.82) is 5.26 Å². The van der Waals surface area contributed by atoms with E-state index in [1.165, 1.54) is 11.8 Å². The van der Waals surface area contributed by atoms with Gasteiger partial charge in [-0.25, -0.2) is 0 Å². The average Bonchev–Trinajstić information content (AvgIpc) is 3.24. The number of nitriles is 1. The van der Waals surface area contributed by atoms with Gasteiger partial charge < -0.3 is 8.82 Å². The van der Waals surface area contributed by atoms with Crippen molar-refractivity contribution in [2.75, 3.05) is 0 Å². The third-order valence-electron chi connectivity index (χ3n) is 4.01. The molecule has 6 heteroatoms. The van der Waals surface area contributed by atoms with Crippen LogP contribution in [-0.4, -0.2) is 14.6 Å². The predicted octanol–water partition coefficient (Wildman–Crippen LogP) is 4.46. The number of aryl methyl sites for hydroxylation is 1. The minimum Gasteiger partial charge on any atom is -0.411 e. The smallest absolute Gasteiger partial charge is 0.277 e. The molecular formula is C19H14N4OS. The second kappa shape index (κ2) is 6.46.